The molecular formula is C24H25N3O2. The fourth-order valence-corrected chi connectivity index (χ4v) is 3.61. The number of nitrogens with zero attached hydrogens (tertiary/aromatic N) is 1. The molecule has 0 bridgehead atoms. The highest BCUT2D eigenvalue weighted by Gasteiger charge is 2.19. The molecule has 148 valence electrons. The van der Waals surface area contributed by atoms with Crippen LogP contribution >= 0.6 is 0 Å². The molecule has 0 saturated heterocycles. The topological polar surface area (TPSA) is 53.6 Å². The molecule has 2 N–H and O–H groups in total. The number of benzene rings is 3. The Morgan fingerprint density at radius 3 is 2.45 bits per heavy atom. The largest absolute Gasteiger partial charge is 0.380 e. The third kappa shape index (κ3) is 4.58. The lowest BCUT2D eigenvalue weighted by Gasteiger charge is -2.20. The highest BCUT2D eigenvalue weighted by atomic mass is 16.5. The number of urea groups is 1. The summed E-state index contributed by atoms with van der Waals surface area (Å²) in [7, 11) is 1.68. The number of nitrogens with one attached hydrogen (secondary N) is 2. The van der Waals surface area contributed by atoms with E-state index in [4.69, 9.17) is 4.74 Å². The second kappa shape index (κ2) is 8.80. The summed E-state index contributed by atoms with van der Waals surface area (Å²) in [5, 5.41) is 5.78. The molecule has 29 heavy (non-hydrogen) atoms. The lowest BCUT2D eigenvalue weighted by molar-refractivity contribution is 0.185. The summed E-state index contributed by atoms with van der Waals surface area (Å²) in [4.78, 5) is 14.5. The number of fused-ring (bicyclic) bond motifs is 1. The lowest BCUT2D eigenvalue weighted by Crippen LogP contribution is -2.28. The van der Waals surface area contributed by atoms with Gasteiger partial charge in [-0.15, -0.1) is 0 Å². The van der Waals surface area contributed by atoms with Gasteiger partial charge in [0, 0.05) is 37.3 Å². The average Bonchev–Trinajstić information content (AvgIpc) is 3.18. The van der Waals surface area contributed by atoms with Crippen molar-refractivity contribution in [3.05, 3.63) is 89.5 Å². The SMILES string of the molecule is COCc1ccc(CNC(=O)Nc2ccc(N3CCc4ccccc43)cc2)cc1. The van der Waals surface area contributed by atoms with Crippen LogP contribution in [0.15, 0.2) is 72.8 Å². The van der Waals surface area contributed by atoms with Crippen LogP contribution in [0.4, 0.5) is 21.9 Å². The van der Waals surface area contributed by atoms with Gasteiger partial charge in [0.05, 0.1) is 6.61 Å². The van der Waals surface area contributed by atoms with E-state index in [0.29, 0.717) is 13.2 Å². The quantitative estimate of drug-likeness (QED) is 0.636. The fraction of sp³-hybridized carbons (Fsp3) is 0.208. The Morgan fingerprint density at radius 2 is 1.69 bits per heavy atom. The molecule has 4 rings (SSSR count). The number of ether oxygens (including phenoxy) is 1. The zero-order valence-corrected chi connectivity index (χ0v) is 16.5. The monoisotopic (exact) mass is 387 g/mol. The molecule has 5 heteroatoms. The summed E-state index contributed by atoms with van der Waals surface area (Å²) in [5.74, 6) is 0. The molecule has 0 spiro atoms. The van der Waals surface area contributed by atoms with Gasteiger partial charge in [-0.1, -0.05) is 42.5 Å². The molecule has 2 amide bonds. The first-order valence-corrected chi connectivity index (χ1v) is 9.80. The zero-order valence-electron chi connectivity index (χ0n) is 16.5. The number of carbonyl (C=O) groups excluding carboxylic acids is 1. The Balaban J connectivity index is 1.31. The zero-order chi connectivity index (χ0) is 20.1. The minimum atomic E-state index is -0.217. The van der Waals surface area contributed by atoms with Crippen molar-refractivity contribution in [1.29, 1.82) is 0 Å². The third-order valence-electron chi connectivity index (χ3n) is 5.11. The van der Waals surface area contributed by atoms with Crippen LogP contribution in [0, 0.1) is 0 Å². The Kier molecular flexibility index (Phi) is 5.77. The maximum absolute atomic E-state index is 12.2. The van der Waals surface area contributed by atoms with Gasteiger partial charge in [0.25, 0.3) is 0 Å². The van der Waals surface area contributed by atoms with E-state index in [9.17, 15) is 4.79 Å². The normalized spacial score (nSPS) is 12.5. The van der Waals surface area contributed by atoms with E-state index < -0.39 is 0 Å². The van der Waals surface area contributed by atoms with Gasteiger partial charge in [0.15, 0.2) is 0 Å². The smallest absolute Gasteiger partial charge is 0.319 e. The number of para-hydroxylation sites is 1. The fourth-order valence-electron chi connectivity index (χ4n) is 3.61. The van der Waals surface area contributed by atoms with Gasteiger partial charge >= 0.3 is 6.03 Å². The minimum Gasteiger partial charge on any atom is -0.380 e. The highest BCUT2D eigenvalue weighted by Crippen LogP contribution is 2.34. The molecular weight excluding hydrogens is 362 g/mol. The molecule has 0 aliphatic carbocycles. The van der Waals surface area contributed by atoms with E-state index in [-0.39, 0.29) is 6.03 Å². The Morgan fingerprint density at radius 1 is 0.966 bits per heavy atom. The Labute approximate surface area is 171 Å². The van der Waals surface area contributed by atoms with E-state index in [1.807, 2.05) is 48.5 Å². The van der Waals surface area contributed by atoms with Gasteiger partial charge in [0.1, 0.15) is 0 Å². The van der Waals surface area contributed by atoms with Crippen LogP contribution in [0.1, 0.15) is 16.7 Å². The molecule has 5 nitrogen and oxygen atoms in total. The predicted octanol–water partition coefficient (Wildman–Crippen LogP) is 4.85. The van der Waals surface area contributed by atoms with Crippen molar-refractivity contribution in [2.24, 2.45) is 0 Å². The van der Waals surface area contributed by atoms with E-state index >= 15 is 0 Å². The molecule has 3 aromatic carbocycles. The van der Waals surface area contributed by atoms with Gasteiger partial charge in [-0.2, -0.15) is 0 Å². The summed E-state index contributed by atoms with van der Waals surface area (Å²) in [5.41, 5.74) is 6.71. The van der Waals surface area contributed by atoms with Gasteiger partial charge in [-0.25, -0.2) is 4.79 Å². The molecule has 1 aliphatic heterocycles. The molecule has 3 aromatic rings. The van der Waals surface area contributed by atoms with E-state index in [1.54, 1.807) is 7.11 Å². The van der Waals surface area contributed by atoms with Crippen LogP contribution in [0.25, 0.3) is 0 Å². The molecule has 1 aliphatic rings. The summed E-state index contributed by atoms with van der Waals surface area (Å²) < 4.78 is 5.11. The summed E-state index contributed by atoms with van der Waals surface area (Å²) in [6.45, 7) is 2.05. The van der Waals surface area contributed by atoms with Crippen molar-refractivity contribution >= 4 is 23.1 Å². The van der Waals surface area contributed by atoms with Crippen LogP contribution < -0.4 is 15.5 Å². The van der Waals surface area contributed by atoms with Crippen LogP contribution in [0.3, 0.4) is 0 Å². The Bertz CT molecular complexity index is 968. The van der Waals surface area contributed by atoms with Gasteiger partial charge in [-0.05, 0) is 53.4 Å². The second-order valence-electron chi connectivity index (χ2n) is 7.13. The summed E-state index contributed by atoms with van der Waals surface area (Å²) in [6, 6.07) is 24.3. The second-order valence-corrected chi connectivity index (χ2v) is 7.13. The maximum Gasteiger partial charge on any atom is 0.319 e. The molecule has 1 heterocycles. The first-order chi connectivity index (χ1) is 14.2. The van der Waals surface area contributed by atoms with E-state index in [2.05, 4.69) is 39.8 Å². The van der Waals surface area contributed by atoms with Crippen LogP contribution in [0.5, 0.6) is 0 Å². The van der Waals surface area contributed by atoms with Crippen LogP contribution in [-0.2, 0) is 24.3 Å². The van der Waals surface area contributed by atoms with Gasteiger partial charge in [-0.3, -0.25) is 0 Å². The van der Waals surface area contributed by atoms with Crippen molar-refractivity contribution in [3.63, 3.8) is 0 Å². The Hall–Kier alpha value is -3.31. The number of carbonyl (C=O) groups is 1. The number of rotatable bonds is 6. The number of methoxy groups -OCH3 is 1. The van der Waals surface area contributed by atoms with Gasteiger partial charge in [0.2, 0.25) is 0 Å². The first-order valence-electron chi connectivity index (χ1n) is 9.80. The average molecular weight is 387 g/mol. The van der Waals surface area contributed by atoms with Crippen LogP contribution in [-0.4, -0.2) is 19.7 Å². The summed E-state index contributed by atoms with van der Waals surface area (Å²) >= 11 is 0. The van der Waals surface area contributed by atoms with Crippen LogP contribution in [0.2, 0.25) is 0 Å². The minimum absolute atomic E-state index is 0.217. The maximum atomic E-state index is 12.2. The van der Waals surface area contributed by atoms with Crippen molar-refractivity contribution in [2.45, 2.75) is 19.6 Å². The number of amides is 2. The molecule has 0 saturated carbocycles. The van der Waals surface area contributed by atoms with E-state index in [0.717, 1.165) is 35.5 Å². The highest BCUT2D eigenvalue weighted by molar-refractivity contribution is 5.89. The van der Waals surface area contributed by atoms with Crippen molar-refractivity contribution in [2.75, 3.05) is 23.9 Å². The predicted molar refractivity (Wildman–Crippen MR) is 117 cm³/mol. The number of hydrogen-bond donors (Lipinski definition) is 2. The molecule has 0 unspecified atom stereocenters. The third-order valence-corrected chi connectivity index (χ3v) is 5.11. The number of anilines is 3. The molecule has 0 atom stereocenters. The number of hydrogen-bond acceptors (Lipinski definition) is 3. The molecule has 0 radical (unpaired) electrons. The van der Waals surface area contributed by atoms with Crippen molar-refractivity contribution in [1.82, 2.24) is 5.32 Å². The molecule has 0 aromatic heterocycles. The van der Waals surface area contributed by atoms with Crippen molar-refractivity contribution in [3.8, 4) is 0 Å². The standard InChI is InChI=1S/C24H25N3O2/c1-29-17-19-8-6-18(7-9-19)16-25-24(28)26-21-10-12-22(13-11-21)27-15-14-20-4-2-3-5-23(20)27/h2-13H,14-17H2,1H3,(H2,25,26,28). The summed E-state index contributed by atoms with van der Waals surface area (Å²) in [6.07, 6.45) is 1.06. The first kappa shape index (κ1) is 19.0. The van der Waals surface area contributed by atoms with E-state index in [1.165, 1.54) is 11.3 Å². The van der Waals surface area contributed by atoms with Crippen molar-refractivity contribution < 1.29 is 9.53 Å². The van der Waals surface area contributed by atoms with Gasteiger partial charge < -0.3 is 20.3 Å². The molecule has 0 fully saturated rings. The lowest BCUT2D eigenvalue weighted by atomic mass is 10.1.